The summed E-state index contributed by atoms with van der Waals surface area (Å²) in [5, 5.41) is 3.24. The fourth-order valence-corrected chi connectivity index (χ4v) is 1.21. The van der Waals surface area contributed by atoms with E-state index in [1.54, 1.807) is 7.11 Å². The van der Waals surface area contributed by atoms with Crippen LogP contribution in [-0.2, 0) is 0 Å². The minimum Gasteiger partial charge on any atom is -0.495 e. The molecular formula is C12H15NO. The van der Waals surface area contributed by atoms with Crippen LogP contribution in [0, 0.1) is 12.3 Å². The zero-order chi connectivity index (χ0) is 10.4. The second kappa shape index (κ2) is 5.18. The average molecular weight is 189 g/mol. The van der Waals surface area contributed by atoms with Gasteiger partial charge in [-0.15, -0.1) is 6.42 Å². The van der Waals surface area contributed by atoms with E-state index in [4.69, 9.17) is 11.2 Å². The molecule has 0 aromatic heterocycles. The van der Waals surface area contributed by atoms with Gasteiger partial charge in [-0.3, -0.25) is 0 Å². The SMILES string of the molecule is C#CC(CC)Nc1ccccc1OC. The molecule has 0 bridgehead atoms. The summed E-state index contributed by atoms with van der Waals surface area (Å²) < 4.78 is 5.20. The lowest BCUT2D eigenvalue weighted by Crippen LogP contribution is -2.16. The summed E-state index contributed by atoms with van der Waals surface area (Å²) in [5.74, 6) is 3.51. The van der Waals surface area contributed by atoms with Crippen LogP contribution in [0.25, 0.3) is 0 Å². The lowest BCUT2D eigenvalue weighted by atomic mass is 10.2. The second-order valence-corrected chi connectivity index (χ2v) is 2.97. The van der Waals surface area contributed by atoms with Crippen molar-refractivity contribution in [3.05, 3.63) is 24.3 Å². The molecule has 0 spiro atoms. The van der Waals surface area contributed by atoms with Crippen molar-refractivity contribution in [1.82, 2.24) is 0 Å². The zero-order valence-corrected chi connectivity index (χ0v) is 8.58. The van der Waals surface area contributed by atoms with Gasteiger partial charge >= 0.3 is 0 Å². The molecule has 1 atom stereocenters. The third kappa shape index (κ3) is 2.43. The van der Waals surface area contributed by atoms with Gasteiger partial charge in [0, 0.05) is 0 Å². The van der Waals surface area contributed by atoms with Crippen molar-refractivity contribution >= 4 is 5.69 Å². The lowest BCUT2D eigenvalue weighted by Gasteiger charge is -2.14. The third-order valence-electron chi connectivity index (χ3n) is 2.05. The number of nitrogens with one attached hydrogen (secondary N) is 1. The first-order valence-corrected chi connectivity index (χ1v) is 4.67. The molecule has 1 N–H and O–H groups in total. The number of hydrogen-bond donors (Lipinski definition) is 1. The Kier molecular flexibility index (Phi) is 3.87. The number of ether oxygens (including phenoxy) is 1. The van der Waals surface area contributed by atoms with Crippen molar-refractivity contribution in [3.63, 3.8) is 0 Å². The topological polar surface area (TPSA) is 21.3 Å². The molecule has 1 unspecified atom stereocenters. The van der Waals surface area contributed by atoms with Crippen LogP contribution in [0.2, 0.25) is 0 Å². The van der Waals surface area contributed by atoms with Gasteiger partial charge in [0.15, 0.2) is 0 Å². The van der Waals surface area contributed by atoms with E-state index in [1.165, 1.54) is 0 Å². The van der Waals surface area contributed by atoms with Crippen molar-refractivity contribution < 1.29 is 4.74 Å². The Labute approximate surface area is 85.3 Å². The highest BCUT2D eigenvalue weighted by Crippen LogP contribution is 2.23. The first-order valence-electron chi connectivity index (χ1n) is 4.67. The van der Waals surface area contributed by atoms with Crippen LogP contribution in [0.5, 0.6) is 5.75 Å². The first kappa shape index (κ1) is 10.5. The fourth-order valence-electron chi connectivity index (χ4n) is 1.21. The molecule has 1 aromatic rings. The Hall–Kier alpha value is -1.62. The van der Waals surface area contributed by atoms with Crippen molar-refractivity contribution in [1.29, 1.82) is 0 Å². The molecular weight excluding hydrogens is 174 g/mol. The molecule has 0 aliphatic heterocycles. The predicted molar refractivity (Wildman–Crippen MR) is 59.5 cm³/mol. The molecule has 0 fully saturated rings. The largest absolute Gasteiger partial charge is 0.495 e. The van der Waals surface area contributed by atoms with Crippen LogP contribution in [0.4, 0.5) is 5.69 Å². The van der Waals surface area contributed by atoms with Gasteiger partial charge in [-0.2, -0.15) is 0 Å². The number of rotatable bonds is 4. The van der Waals surface area contributed by atoms with Crippen LogP contribution < -0.4 is 10.1 Å². The van der Waals surface area contributed by atoms with Gasteiger partial charge in [-0.25, -0.2) is 0 Å². The van der Waals surface area contributed by atoms with Crippen molar-refractivity contribution in [2.24, 2.45) is 0 Å². The number of hydrogen-bond acceptors (Lipinski definition) is 2. The summed E-state index contributed by atoms with van der Waals surface area (Å²) in [4.78, 5) is 0. The van der Waals surface area contributed by atoms with Crippen LogP contribution in [-0.4, -0.2) is 13.2 Å². The summed E-state index contributed by atoms with van der Waals surface area (Å²) in [6.07, 6.45) is 6.27. The van der Waals surface area contributed by atoms with Gasteiger partial charge in [-0.1, -0.05) is 25.0 Å². The summed E-state index contributed by atoms with van der Waals surface area (Å²) in [7, 11) is 1.65. The van der Waals surface area contributed by atoms with Crippen LogP contribution in [0.3, 0.4) is 0 Å². The van der Waals surface area contributed by atoms with Crippen molar-refractivity contribution in [2.75, 3.05) is 12.4 Å². The lowest BCUT2D eigenvalue weighted by molar-refractivity contribution is 0.416. The minimum atomic E-state index is 0.0614. The maximum Gasteiger partial charge on any atom is 0.141 e. The molecule has 2 nitrogen and oxygen atoms in total. The molecule has 0 radical (unpaired) electrons. The highest BCUT2D eigenvalue weighted by molar-refractivity contribution is 5.57. The summed E-state index contributed by atoms with van der Waals surface area (Å²) >= 11 is 0. The molecule has 0 amide bonds. The highest BCUT2D eigenvalue weighted by atomic mass is 16.5. The van der Waals surface area contributed by atoms with Gasteiger partial charge in [0.05, 0.1) is 18.8 Å². The summed E-state index contributed by atoms with van der Waals surface area (Å²) in [6.45, 7) is 2.05. The van der Waals surface area contributed by atoms with E-state index in [2.05, 4.69) is 11.2 Å². The van der Waals surface area contributed by atoms with Gasteiger partial charge in [0.25, 0.3) is 0 Å². The first-order chi connectivity index (χ1) is 6.81. The van der Waals surface area contributed by atoms with Crippen molar-refractivity contribution in [3.8, 4) is 18.1 Å². The van der Waals surface area contributed by atoms with Gasteiger partial charge in [-0.05, 0) is 18.6 Å². The standard InChI is InChI=1S/C12H15NO/c1-4-10(5-2)13-11-8-6-7-9-12(11)14-3/h1,6-10,13H,5H2,2-3H3. The normalized spacial score (nSPS) is 11.5. The number of para-hydroxylation sites is 2. The number of benzene rings is 1. The fraction of sp³-hybridized carbons (Fsp3) is 0.333. The smallest absolute Gasteiger partial charge is 0.141 e. The maximum absolute atomic E-state index is 5.37. The van der Waals surface area contributed by atoms with E-state index in [9.17, 15) is 0 Å². The number of terminal acetylenes is 1. The molecule has 0 aliphatic carbocycles. The highest BCUT2D eigenvalue weighted by Gasteiger charge is 2.05. The van der Waals surface area contributed by atoms with E-state index in [1.807, 2.05) is 31.2 Å². The Balaban J connectivity index is 2.80. The van der Waals surface area contributed by atoms with Gasteiger partial charge in [0.1, 0.15) is 5.75 Å². The minimum absolute atomic E-state index is 0.0614. The molecule has 0 heterocycles. The molecule has 0 saturated heterocycles. The molecule has 2 heteroatoms. The van der Waals surface area contributed by atoms with Crippen LogP contribution in [0.1, 0.15) is 13.3 Å². The zero-order valence-electron chi connectivity index (χ0n) is 8.58. The molecule has 1 aromatic carbocycles. The Bertz CT molecular complexity index is 327. The van der Waals surface area contributed by atoms with E-state index < -0.39 is 0 Å². The van der Waals surface area contributed by atoms with E-state index in [-0.39, 0.29) is 6.04 Å². The third-order valence-corrected chi connectivity index (χ3v) is 2.05. The maximum atomic E-state index is 5.37. The predicted octanol–water partition coefficient (Wildman–Crippen LogP) is 2.52. The summed E-state index contributed by atoms with van der Waals surface area (Å²) in [6, 6.07) is 7.81. The van der Waals surface area contributed by atoms with Gasteiger partial charge < -0.3 is 10.1 Å². The Morgan fingerprint density at radius 3 is 2.79 bits per heavy atom. The number of methoxy groups -OCH3 is 1. The molecule has 0 saturated carbocycles. The summed E-state index contributed by atoms with van der Waals surface area (Å²) in [5.41, 5.74) is 0.944. The average Bonchev–Trinajstić information content (AvgIpc) is 2.26. The van der Waals surface area contributed by atoms with E-state index in [0.29, 0.717) is 0 Å². The number of anilines is 1. The molecule has 14 heavy (non-hydrogen) atoms. The van der Waals surface area contributed by atoms with Crippen molar-refractivity contribution in [2.45, 2.75) is 19.4 Å². The second-order valence-electron chi connectivity index (χ2n) is 2.97. The Morgan fingerprint density at radius 1 is 1.50 bits per heavy atom. The Morgan fingerprint density at radius 2 is 2.21 bits per heavy atom. The molecule has 74 valence electrons. The van der Waals surface area contributed by atoms with Gasteiger partial charge in [0.2, 0.25) is 0 Å². The quantitative estimate of drug-likeness (QED) is 0.735. The monoisotopic (exact) mass is 189 g/mol. The molecule has 1 rings (SSSR count). The van der Waals surface area contributed by atoms with Crippen LogP contribution in [0.15, 0.2) is 24.3 Å². The van der Waals surface area contributed by atoms with E-state index >= 15 is 0 Å². The van der Waals surface area contributed by atoms with Crippen LogP contribution >= 0.6 is 0 Å². The molecule has 0 aliphatic rings. The van der Waals surface area contributed by atoms with E-state index in [0.717, 1.165) is 17.9 Å².